The van der Waals surface area contributed by atoms with E-state index < -0.39 is 28.7 Å². The molecule has 2 aromatic rings. The van der Waals surface area contributed by atoms with Crippen molar-refractivity contribution in [2.45, 2.75) is 12.5 Å². The van der Waals surface area contributed by atoms with Crippen LogP contribution in [-0.4, -0.2) is 22.9 Å². The molecule has 0 saturated heterocycles. The summed E-state index contributed by atoms with van der Waals surface area (Å²) in [4.78, 5) is 34.3. The summed E-state index contributed by atoms with van der Waals surface area (Å²) >= 11 is 5.91. The molecule has 2 aromatic carbocycles. The average molecular weight is 365 g/mol. The number of benzene rings is 2. The molecule has 128 valence electrons. The molecule has 0 spiro atoms. The predicted molar refractivity (Wildman–Crippen MR) is 86.0 cm³/mol. The first kappa shape index (κ1) is 16.8. The summed E-state index contributed by atoms with van der Waals surface area (Å²) in [6.45, 7) is 0. The molecule has 1 amide bonds. The zero-order valence-corrected chi connectivity index (χ0v) is 13.2. The van der Waals surface area contributed by atoms with Gasteiger partial charge in [0.25, 0.3) is 11.6 Å². The van der Waals surface area contributed by atoms with Crippen LogP contribution < -0.4 is 5.32 Å². The van der Waals surface area contributed by atoms with E-state index in [2.05, 4.69) is 5.32 Å². The molecule has 3 rings (SSSR count). The Kier molecular flexibility index (Phi) is 4.37. The number of carbonyl (C=O) groups is 2. The third-order valence-corrected chi connectivity index (χ3v) is 3.97. The van der Waals surface area contributed by atoms with E-state index in [0.717, 1.165) is 12.1 Å². The molecule has 0 fully saturated rings. The van der Waals surface area contributed by atoms with Crippen molar-refractivity contribution in [3.05, 3.63) is 68.5 Å². The summed E-state index contributed by atoms with van der Waals surface area (Å²) in [5, 5.41) is 13.1. The van der Waals surface area contributed by atoms with Crippen molar-refractivity contribution >= 4 is 34.9 Å². The highest BCUT2D eigenvalue weighted by Gasteiger charge is 2.32. The van der Waals surface area contributed by atoms with Crippen LogP contribution in [0.25, 0.3) is 0 Å². The van der Waals surface area contributed by atoms with Crippen LogP contribution in [0, 0.1) is 15.9 Å². The van der Waals surface area contributed by atoms with Crippen LogP contribution in [0.1, 0.15) is 15.9 Å². The van der Waals surface area contributed by atoms with Gasteiger partial charge < -0.3 is 10.1 Å². The maximum Gasteiger partial charge on any atom is 0.339 e. The molecule has 7 nitrogen and oxygen atoms in total. The van der Waals surface area contributed by atoms with Gasteiger partial charge in [0.05, 0.1) is 21.2 Å². The first-order chi connectivity index (χ1) is 11.8. The summed E-state index contributed by atoms with van der Waals surface area (Å²) in [5.74, 6) is -1.92. The minimum Gasteiger partial charge on any atom is -0.448 e. The van der Waals surface area contributed by atoms with E-state index in [-0.39, 0.29) is 28.4 Å². The van der Waals surface area contributed by atoms with E-state index in [1.165, 1.54) is 24.3 Å². The highest BCUT2D eigenvalue weighted by atomic mass is 35.5. The number of esters is 1. The molecule has 1 aliphatic rings. The molecule has 1 N–H and O–H groups in total. The first-order valence-corrected chi connectivity index (χ1v) is 7.47. The summed E-state index contributed by atoms with van der Waals surface area (Å²) in [6.07, 6.45) is -1.15. The van der Waals surface area contributed by atoms with Crippen LogP contribution in [0.4, 0.5) is 15.8 Å². The van der Waals surface area contributed by atoms with Crippen molar-refractivity contribution in [2.24, 2.45) is 0 Å². The van der Waals surface area contributed by atoms with Crippen LogP contribution in [0.3, 0.4) is 0 Å². The van der Waals surface area contributed by atoms with E-state index in [9.17, 15) is 24.1 Å². The van der Waals surface area contributed by atoms with Crippen molar-refractivity contribution in [1.82, 2.24) is 0 Å². The van der Waals surface area contributed by atoms with Gasteiger partial charge in [-0.3, -0.25) is 14.9 Å². The molecule has 1 unspecified atom stereocenters. The van der Waals surface area contributed by atoms with Gasteiger partial charge in [0, 0.05) is 18.6 Å². The number of nitrogens with zero attached hydrogens (tertiary/aromatic N) is 1. The lowest BCUT2D eigenvalue weighted by Gasteiger charge is -2.24. The lowest BCUT2D eigenvalue weighted by molar-refractivity contribution is -0.384. The van der Waals surface area contributed by atoms with Crippen LogP contribution in [0.2, 0.25) is 5.02 Å². The van der Waals surface area contributed by atoms with E-state index in [1.807, 2.05) is 0 Å². The number of hydrogen-bond donors (Lipinski definition) is 1. The van der Waals surface area contributed by atoms with Crippen LogP contribution in [0.15, 0.2) is 36.4 Å². The molecule has 0 radical (unpaired) electrons. The third-order valence-electron chi connectivity index (χ3n) is 3.66. The minimum atomic E-state index is -1.16. The maximum absolute atomic E-state index is 13.3. The van der Waals surface area contributed by atoms with Gasteiger partial charge in [-0.2, -0.15) is 0 Å². The summed E-state index contributed by atoms with van der Waals surface area (Å²) in [6, 6.07) is 7.16. The second-order valence-electron chi connectivity index (χ2n) is 5.31. The quantitative estimate of drug-likeness (QED) is 0.512. The number of rotatable bonds is 3. The van der Waals surface area contributed by atoms with Crippen molar-refractivity contribution < 1.29 is 23.6 Å². The Morgan fingerprint density at radius 2 is 2.08 bits per heavy atom. The van der Waals surface area contributed by atoms with Crippen molar-refractivity contribution in [2.75, 3.05) is 5.32 Å². The van der Waals surface area contributed by atoms with Crippen molar-refractivity contribution in [1.29, 1.82) is 0 Å². The second kappa shape index (κ2) is 6.48. The lowest BCUT2D eigenvalue weighted by Crippen LogP contribution is -2.38. The highest BCUT2D eigenvalue weighted by Crippen LogP contribution is 2.28. The van der Waals surface area contributed by atoms with Crippen LogP contribution in [0.5, 0.6) is 0 Å². The molecule has 0 aliphatic carbocycles. The van der Waals surface area contributed by atoms with Crippen LogP contribution in [-0.2, 0) is 16.0 Å². The Morgan fingerprint density at radius 1 is 1.32 bits per heavy atom. The fraction of sp³-hybridized carbons (Fsp3) is 0.125. The average Bonchev–Trinajstić information content (AvgIpc) is 2.55. The minimum absolute atomic E-state index is 0.00919. The molecule has 1 atom stereocenters. The topological polar surface area (TPSA) is 98.5 Å². The van der Waals surface area contributed by atoms with Crippen LogP contribution >= 0.6 is 11.6 Å². The molecule has 0 bridgehead atoms. The number of hydrogen-bond acceptors (Lipinski definition) is 5. The number of cyclic esters (lactones) is 1. The number of non-ortho nitro benzene ring substituents is 1. The van der Waals surface area contributed by atoms with Gasteiger partial charge >= 0.3 is 5.97 Å². The third kappa shape index (κ3) is 3.43. The molecule has 1 heterocycles. The molecular weight excluding hydrogens is 355 g/mol. The first-order valence-electron chi connectivity index (χ1n) is 7.09. The van der Waals surface area contributed by atoms with Gasteiger partial charge in [0.1, 0.15) is 5.82 Å². The molecule has 0 aromatic heterocycles. The predicted octanol–water partition coefficient (Wildman–Crippen LogP) is 3.11. The standard InChI is InChI=1S/C16H10ClFN2O5/c17-12-7-10(20(23)24)2-4-13(12)19-15(21)14-6-8-5-9(18)1-3-11(8)16(22)25-14/h1-5,7,14H,6H2,(H,19,21). The van der Waals surface area contributed by atoms with Gasteiger partial charge in [0.2, 0.25) is 0 Å². The number of fused-ring (bicyclic) bond motifs is 1. The zero-order valence-electron chi connectivity index (χ0n) is 12.5. The van der Waals surface area contributed by atoms with E-state index >= 15 is 0 Å². The summed E-state index contributed by atoms with van der Waals surface area (Å²) in [7, 11) is 0. The van der Waals surface area contributed by atoms with E-state index in [1.54, 1.807) is 0 Å². The fourth-order valence-electron chi connectivity index (χ4n) is 2.44. The number of ether oxygens (including phenoxy) is 1. The Hall–Kier alpha value is -3.00. The molecule has 25 heavy (non-hydrogen) atoms. The van der Waals surface area contributed by atoms with Gasteiger partial charge in [-0.25, -0.2) is 9.18 Å². The number of carbonyl (C=O) groups excluding carboxylic acids is 2. The number of amides is 1. The van der Waals surface area contributed by atoms with Gasteiger partial charge in [0.15, 0.2) is 6.10 Å². The summed E-state index contributed by atoms with van der Waals surface area (Å²) in [5.41, 5.74) is 0.486. The lowest BCUT2D eigenvalue weighted by atomic mass is 9.98. The zero-order chi connectivity index (χ0) is 18.1. The van der Waals surface area contributed by atoms with Crippen molar-refractivity contribution in [3.63, 3.8) is 0 Å². The molecule has 0 saturated carbocycles. The molecule has 9 heteroatoms. The normalized spacial score (nSPS) is 15.9. The number of anilines is 1. The van der Waals surface area contributed by atoms with E-state index in [0.29, 0.717) is 5.56 Å². The number of nitrogens with one attached hydrogen (secondary N) is 1. The van der Waals surface area contributed by atoms with Gasteiger partial charge in [-0.1, -0.05) is 11.6 Å². The van der Waals surface area contributed by atoms with Gasteiger partial charge in [-0.05, 0) is 29.8 Å². The van der Waals surface area contributed by atoms with Gasteiger partial charge in [-0.15, -0.1) is 0 Å². The Labute approximate surface area is 145 Å². The monoisotopic (exact) mass is 364 g/mol. The fourth-order valence-corrected chi connectivity index (χ4v) is 2.66. The Balaban J connectivity index is 1.78. The molecular formula is C16H10ClFN2O5. The smallest absolute Gasteiger partial charge is 0.339 e. The summed E-state index contributed by atoms with van der Waals surface area (Å²) < 4.78 is 18.4. The maximum atomic E-state index is 13.3. The highest BCUT2D eigenvalue weighted by molar-refractivity contribution is 6.34. The van der Waals surface area contributed by atoms with E-state index in [4.69, 9.17) is 16.3 Å². The number of nitro groups is 1. The second-order valence-corrected chi connectivity index (χ2v) is 5.72. The number of nitro benzene ring substituents is 1. The largest absolute Gasteiger partial charge is 0.448 e. The Morgan fingerprint density at radius 3 is 2.76 bits per heavy atom. The molecule has 1 aliphatic heterocycles. The Bertz CT molecular complexity index is 902. The number of halogens is 2. The SMILES string of the molecule is O=C1OC(C(=O)Nc2ccc([N+](=O)[O-])cc2Cl)Cc2cc(F)ccc21. The van der Waals surface area contributed by atoms with Crippen molar-refractivity contribution in [3.8, 4) is 0 Å².